The standard InChI is InChI=1S/C21H23N3OS3/c1-15-4-9-27-18(15)13-23-12-17(19-22-6-10-28-19)21(14-23)5-7-24(20(21)25)11-16-3-2-8-26-16/h2-4,6,8-10,17H,5,7,11-14H2,1H3/t17-,21-/m1/s1. The zero-order valence-corrected chi connectivity index (χ0v) is 18.3. The van der Waals surface area contributed by atoms with Gasteiger partial charge in [-0.2, -0.15) is 0 Å². The van der Waals surface area contributed by atoms with Crippen LogP contribution < -0.4 is 0 Å². The van der Waals surface area contributed by atoms with Crippen LogP contribution in [0.5, 0.6) is 0 Å². The molecule has 7 heteroatoms. The van der Waals surface area contributed by atoms with Crippen molar-refractivity contribution in [2.75, 3.05) is 19.6 Å². The lowest BCUT2D eigenvalue weighted by molar-refractivity contribution is -0.136. The lowest BCUT2D eigenvalue weighted by Gasteiger charge is -2.27. The number of hydrogen-bond acceptors (Lipinski definition) is 6. The number of nitrogens with zero attached hydrogens (tertiary/aromatic N) is 3. The Hall–Kier alpha value is -1.54. The van der Waals surface area contributed by atoms with E-state index in [0.717, 1.165) is 44.2 Å². The summed E-state index contributed by atoms with van der Waals surface area (Å²) in [5, 5.41) is 7.41. The van der Waals surface area contributed by atoms with Gasteiger partial charge in [0.2, 0.25) is 5.91 Å². The number of hydrogen-bond donors (Lipinski definition) is 0. The maximum Gasteiger partial charge on any atom is 0.231 e. The first-order chi connectivity index (χ1) is 13.7. The molecular weight excluding hydrogens is 406 g/mol. The maximum atomic E-state index is 13.7. The number of likely N-dealkylation sites (tertiary alicyclic amines) is 2. The van der Waals surface area contributed by atoms with Crippen LogP contribution in [0.4, 0.5) is 0 Å². The molecule has 146 valence electrons. The second-order valence-corrected chi connectivity index (χ2v) is 10.8. The zero-order chi connectivity index (χ0) is 19.1. The van der Waals surface area contributed by atoms with Crippen molar-refractivity contribution in [1.82, 2.24) is 14.8 Å². The van der Waals surface area contributed by atoms with E-state index < -0.39 is 0 Å². The van der Waals surface area contributed by atoms with Crippen molar-refractivity contribution in [1.29, 1.82) is 0 Å². The molecular formula is C21H23N3OS3. The van der Waals surface area contributed by atoms with Crippen LogP contribution in [-0.4, -0.2) is 40.3 Å². The third-order valence-corrected chi connectivity index (χ3v) is 8.92. The third-order valence-electron chi connectivity index (χ3n) is 6.17. The second kappa shape index (κ2) is 7.37. The predicted octanol–water partition coefficient (Wildman–Crippen LogP) is 4.59. The van der Waals surface area contributed by atoms with E-state index in [1.807, 2.05) is 22.9 Å². The molecule has 0 radical (unpaired) electrons. The molecule has 3 aromatic heterocycles. The molecule has 0 aromatic carbocycles. The molecule has 4 nitrogen and oxygen atoms in total. The largest absolute Gasteiger partial charge is 0.337 e. The number of amides is 1. The van der Waals surface area contributed by atoms with Gasteiger partial charge in [0.05, 0.1) is 17.0 Å². The minimum atomic E-state index is -0.319. The molecule has 1 spiro atoms. The molecule has 2 saturated heterocycles. The Morgan fingerprint density at radius 2 is 2.11 bits per heavy atom. The average Bonchev–Trinajstić information content (AvgIpc) is 3.48. The van der Waals surface area contributed by atoms with E-state index in [2.05, 4.69) is 50.7 Å². The topological polar surface area (TPSA) is 36.4 Å². The molecule has 2 aliphatic heterocycles. The van der Waals surface area contributed by atoms with Crippen LogP contribution in [0.3, 0.4) is 0 Å². The quantitative estimate of drug-likeness (QED) is 0.595. The van der Waals surface area contributed by atoms with Crippen LogP contribution in [0.15, 0.2) is 40.5 Å². The second-order valence-electron chi connectivity index (χ2n) is 7.83. The van der Waals surface area contributed by atoms with Crippen molar-refractivity contribution < 1.29 is 4.79 Å². The summed E-state index contributed by atoms with van der Waals surface area (Å²) in [4.78, 5) is 25.5. The van der Waals surface area contributed by atoms with Crippen LogP contribution in [0.25, 0.3) is 0 Å². The predicted molar refractivity (Wildman–Crippen MR) is 116 cm³/mol. The molecule has 2 fully saturated rings. The van der Waals surface area contributed by atoms with Crippen LogP contribution in [0.1, 0.15) is 32.7 Å². The molecule has 3 aromatic rings. The monoisotopic (exact) mass is 429 g/mol. The SMILES string of the molecule is Cc1ccsc1CN1C[C@H](c2nccs2)[C@@]2(CCN(Cc3cccs3)C2=O)C1. The van der Waals surface area contributed by atoms with E-state index in [9.17, 15) is 4.79 Å². The molecule has 0 aliphatic carbocycles. The maximum absolute atomic E-state index is 13.7. The number of carbonyl (C=O) groups excluding carboxylic acids is 1. The Morgan fingerprint density at radius 1 is 1.18 bits per heavy atom. The van der Waals surface area contributed by atoms with Gasteiger partial charge >= 0.3 is 0 Å². The van der Waals surface area contributed by atoms with Gasteiger partial charge in [-0.05, 0) is 41.8 Å². The number of thiophene rings is 2. The Bertz CT molecular complexity index is 950. The average molecular weight is 430 g/mol. The number of carbonyl (C=O) groups is 1. The van der Waals surface area contributed by atoms with Gasteiger partial charge in [0.15, 0.2) is 0 Å². The normalized spacial score (nSPS) is 25.4. The van der Waals surface area contributed by atoms with Gasteiger partial charge in [0.25, 0.3) is 0 Å². The van der Waals surface area contributed by atoms with Gasteiger partial charge in [0, 0.05) is 53.4 Å². The van der Waals surface area contributed by atoms with E-state index in [1.165, 1.54) is 15.3 Å². The van der Waals surface area contributed by atoms with E-state index in [0.29, 0.717) is 5.91 Å². The highest BCUT2D eigenvalue weighted by Gasteiger charge is 2.57. The summed E-state index contributed by atoms with van der Waals surface area (Å²) in [5.74, 6) is 0.528. The van der Waals surface area contributed by atoms with E-state index in [1.54, 1.807) is 22.7 Å². The first kappa shape index (κ1) is 18.5. The Morgan fingerprint density at radius 3 is 2.82 bits per heavy atom. The molecule has 2 aliphatic rings. The van der Waals surface area contributed by atoms with E-state index in [4.69, 9.17) is 0 Å². The van der Waals surface area contributed by atoms with Crippen molar-refractivity contribution in [3.05, 3.63) is 60.9 Å². The number of aryl methyl sites for hydroxylation is 1. The smallest absolute Gasteiger partial charge is 0.231 e. The van der Waals surface area contributed by atoms with Crippen molar-refractivity contribution in [2.24, 2.45) is 5.41 Å². The zero-order valence-electron chi connectivity index (χ0n) is 15.8. The van der Waals surface area contributed by atoms with Gasteiger partial charge in [-0.25, -0.2) is 4.98 Å². The Balaban J connectivity index is 1.42. The van der Waals surface area contributed by atoms with Crippen LogP contribution in [0, 0.1) is 12.3 Å². The number of rotatable bonds is 5. The summed E-state index contributed by atoms with van der Waals surface area (Å²) >= 11 is 5.25. The molecule has 5 heterocycles. The van der Waals surface area contributed by atoms with Crippen LogP contribution in [-0.2, 0) is 17.9 Å². The van der Waals surface area contributed by atoms with Crippen molar-refractivity contribution in [3.8, 4) is 0 Å². The highest BCUT2D eigenvalue weighted by molar-refractivity contribution is 7.10. The molecule has 5 rings (SSSR count). The first-order valence-corrected chi connectivity index (χ1v) is 12.3. The summed E-state index contributed by atoms with van der Waals surface area (Å²) in [6.45, 7) is 6.47. The van der Waals surface area contributed by atoms with Gasteiger partial charge in [-0.15, -0.1) is 34.0 Å². The van der Waals surface area contributed by atoms with Crippen molar-refractivity contribution >= 4 is 39.9 Å². The summed E-state index contributed by atoms with van der Waals surface area (Å²) in [6.07, 6.45) is 2.81. The molecule has 0 unspecified atom stereocenters. The van der Waals surface area contributed by atoms with Gasteiger partial charge in [-0.3, -0.25) is 9.69 Å². The summed E-state index contributed by atoms with van der Waals surface area (Å²) in [7, 11) is 0. The fourth-order valence-corrected chi connectivity index (χ4v) is 7.20. The fourth-order valence-electron chi connectivity index (χ4n) is 4.69. The first-order valence-electron chi connectivity index (χ1n) is 9.62. The number of thiazole rings is 1. The summed E-state index contributed by atoms with van der Waals surface area (Å²) in [5.41, 5.74) is 1.04. The number of aromatic nitrogens is 1. The summed E-state index contributed by atoms with van der Waals surface area (Å²) in [6, 6.07) is 6.38. The van der Waals surface area contributed by atoms with E-state index in [-0.39, 0.29) is 11.3 Å². The van der Waals surface area contributed by atoms with Gasteiger partial charge in [0.1, 0.15) is 0 Å². The van der Waals surface area contributed by atoms with Crippen LogP contribution in [0.2, 0.25) is 0 Å². The van der Waals surface area contributed by atoms with E-state index >= 15 is 0 Å². The lowest BCUT2D eigenvalue weighted by atomic mass is 9.77. The molecule has 0 N–H and O–H groups in total. The fraction of sp³-hybridized carbons (Fsp3) is 0.429. The Labute approximate surface area is 177 Å². The Kier molecular flexibility index (Phi) is 4.87. The molecule has 1 amide bonds. The molecule has 2 atom stereocenters. The highest BCUT2D eigenvalue weighted by Crippen LogP contribution is 2.51. The minimum absolute atomic E-state index is 0.202. The van der Waals surface area contributed by atoms with Gasteiger partial charge in [-0.1, -0.05) is 6.07 Å². The van der Waals surface area contributed by atoms with Crippen molar-refractivity contribution in [2.45, 2.75) is 32.4 Å². The highest BCUT2D eigenvalue weighted by atomic mass is 32.1. The lowest BCUT2D eigenvalue weighted by Crippen LogP contribution is -2.39. The third kappa shape index (κ3) is 3.14. The molecule has 0 saturated carbocycles. The van der Waals surface area contributed by atoms with Crippen LogP contribution >= 0.6 is 34.0 Å². The summed E-state index contributed by atoms with van der Waals surface area (Å²) < 4.78 is 0. The minimum Gasteiger partial charge on any atom is -0.337 e. The van der Waals surface area contributed by atoms with Gasteiger partial charge < -0.3 is 4.90 Å². The molecule has 0 bridgehead atoms. The molecule has 28 heavy (non-hydrogen) atoms. The van der Waals surface area contributed by atoms with Crippen molar-refractivity contribution in [3.63, 3.8) is 0 Å².